The molecule has 7 rings (SSSR count). The molecule has 214 valence electrons. The molecule has 2 aliphatic heterocycles. The van der Waals surface area contributed by atoms with Crippen LogP contribution in [0.4, 0.5) is 5.69 Å². The molecule has 2 heterocycles. The molecule has 1 saturated heterocycles. The summed E-state index contributed by atoms with van der Waals surface area (Å²) in [6.07, 6.45) is 3.42. The maximum Gasteiger partial charge on any atom is 0.254 e. The molecule has 1 amide bonds. The number of guanidine groups is 1. The Morgan fingerprint density at radius 3 is 2.60 bits per heavy atom. The first kappa shape index (κ1) is 27.9. The zero-order valence-electron chi connectivity index (χ0n) is 24.0. The van der Waals surface area contributed by atoms with E-state index in [0.29, 0.717) is 53.0 Å². The molecule has 6 nitrogen and oxygen atoms in total. The number of carbonyl (C=O) groups excluding carboxylic acids is 1. The first-order chi connectivity index (χ1) is 19.0. The van der Waals surface area contributed by atoms with E-state index in [9.17, 15) is 4.79 Å². The molecule has 0 aromatic heterocycles. The highest BCUT2D eigenvalue weighted by Crippen LogP contribution is 2.62. The molecule has 0 radical (unpaired) electrons. The number of halogens is 2. The van der Waals surface area contributed by atoms with Crippen molar-refractivity contribution in [3.05, 3.63) is 63.1 Å². The lowest BCUT2D eigenvalue weighted by molar-refractivity contribution is -0.147. The van der Waals surface area contributed by atoms with Crippen LogP contribution in [0.15, 0.2) is 41.4 Å². The molecule has 0 unspecified atom stereocenters. The third kappa shape index (κ3) is 4.90. The predicted molar refractivity (Wildman–Crippen MR) is 163 cm³/mol. The summed E-state index contributed by atoms with van der Waals surface area (Å²) in [5, 5.41) is 1.24. The maximum atomic E-state index is 13.0. The van der Waals surface area contributed by atoms with Gasteiger partial charge in [-0.3, -0.25) is 9.69 Å². The number of rotatable bonds is 5. The molecule has 0 spiro atoms. The van der Waals surface area contributed by atoms with Crippen molar-refractivity contribution in [3.8, 4) is 0 Å². The number of carbonyl (C=O) groups is 1. The number of benzene rings is 2. The van der Waals surface area contributed by atoms with Crippen LogP contribution >= 0.6 is 23.2 Å². The Morgan fingerprint density at radius 1 is 1.10 bits per heavy atom. The molecule has 3 aliphatic carbocycles. The molecule has 2 N–H and O–H groups in total. The van der Waals surface area contributed by atoms with Gasteiger partial charge in [-0.1, -0.05) is 50.0 Å². The van der Waals surface area contributed by atoms with E-state index in [1.807, 2.05) is 35.2 Å². The van der Waals surface area contributed by atoms with E-state index in [4.69, 9.17) is 33.9 Å². The third-order valence-corrected chi connectivity index (χ3v) is 11.2. The molecule has 2 bridgehead atoms. The number of nitrogens with zero attached hydrogens (tertiary/aromatic N) is 4. The van der Waals surface area contributed by atoms with Gasteiger partial charge in [-0.2, -0.15) is 0 Å². The van der Waals surface area contributed by atoms with Gasteiger partial charge in [0.1, 0.15) is 0 Å². The zero-order valence-corrected chi connectivity index (χ0v) is 25.5. The van der Waals surface area contributed by atoms with Crippen molar-refractivity contribution < 1.29 is 4.79 Å². The summed E-state index contributed by atoms with van der Waals surface area (Å²) < 4.78 is 0. The van der Waals surface area contributed by atoms with Gasteiger partial charge in [0.05, 0.1) is 5.69 Å². The van der Waals surface area contributed by atoms with Crippen molar-refractivity contribution in [3.63, 3.8) is 0 Å². The van der Waals surface area contributed by atoms with E-state index >= 15 is 0 Å². The van der Waals surface area contributed by atoms with Gasteiger partial charge in [-0.25, -0.2) is 4.99 Å². The smallest absolute Gasteiger partial charge is 0.254 e. The first-order valence-corrected chi connectivity index (χ1v) is 15.5. The Kier molecular flexibility index (Phi) is 7.33. The fraction of sp³-hybridized carbons (Fsp3) is 0.562. The Hall–Kier alpha value is -2.28. The fourth-order valence-electron chi connectivity index (χ4n) is 8.03. The van der Waals surface area contributed by atoms with Crippen LogP contribution in [-0.4, -0.2) is 64.8 Å². The van der Waals surface area contributed by atoms with Crippen LogP contribution in [0.25, 0.3) is 0 Å². The highest BCUT2D eigenvalue weighted by Gasteiger charge is 2.57. The molecular weight excluding hydrogens is 541 g/mol. The summed E-state index contributed by atoms with van der Waals surface area (Å²) in [5.74, 6) is 3.08. The quantitative estimate of drug-likeness (QED) is 0.336. The Labute approximate surface area is 248 Å². The van der Waals surface area contributed by atoms with Crippen molar-refractivity contribution in [1.29, 1.82) is 0 Å². The minimum absolute atomic E-state index is 0.0477. The van der Waals surface area contributed by atoms with Crippen LogP contribution in [0.5, 0.6) is 0 Å². The van der Waals surface area contributed by atoms with Crippen LogP contribution in [0.2, 0.25) is 10.0 Å². The largest absolute Gasteiger partial charge is 0.369 e. The molecule has 8 heteroatoms. The van der Waals surface area contributed by atoms with Gasteiger partial charge in [-0.05, 0) is 90.8 Å². The Balaban J connectivity index is 1.07. The normalized spacial score (nSPS) is 29.9. The fourth-order valence-corrected chi connectivity index (χ4v) is 8.54. The second-order valence-electron chi connectivity index (χ2n) is 13.1. The van der Waals surface area contributed by atoms with Gasteiger partial charge in [0.25, 0.3) is 5.91 Å². The SMILES string of the molecule is C[C@H]1[C@@H](N2CCN(C(N)=Nc3ccc4c(c3)CN(CCc3ccc(Cl)cc3Cl)C4=O)C[C@@H]2C)C[C@@H]2C[C@@H]1C2(C)C. The summed E-state index contributed by atoms with van der Waals surface area (Å²) in [4.78, 5) is 24.6. The Bertz CT molecular complexity index is 1340. The predicted octanol–water partition coefficient (Wildman–Crippen LogP) is 6.21. The highest BCUT2D eigenvalue weighted by atomic mass is 35.5. The van der Waals surface area contributed by atoms with Gasteiger partial charge >= 0.3 is 0 Å². The summed E-state index contributed by atoms with van der Waals surface area (Å²) in [7, 11) is 0. The van der Waals surface area contributed by atoms with Crippen molar-refractivity contribution in [2.24, 2.45) is 33.9 Å². The lowest BCUT2D eigenvalue weighted by Crippen LogP contribution is -2.65. The summed E-state index contributed by atoms with van der Waals surface area (Å²) in [6.45, 7) is 13.7. The molecule has 40 heavy (non-hydrogen) atoms. The minimum Gasteiger partial charge on any atom is -0.369 e. The number of hydrogen-bond acceptors (Lipinski definition) is 3. The molecule has 2 aromatic rings. The number of nitrogens with two attached hydrogens (primary N) is 1. The van der Waals surface area contributed by atoms with Crippen LogP contribution in [0, 0.1) is 23.2 Å². The Morgan fingerprint density at radius 2 is 1.90 bits per heavy atom. The molecule has 4 fully saturated rings. The minimum atomic E-state index is 0.0477. The van der Waals surface area contributed by atoms with Crippen molar-refractivity contribution in [2.45, 2.75) is 65.6 Å². The topological polar surface area (TPSA) is 65.2 Å². The van der Waals surface area contributed by atoms with Gasteiger partial charge in [0, 0.05) is 60.4 Å². The number of aliphatic imine (C=N–C) groups is 1. The second-order valence-corrected chi connectivity index (χ2v) is 13.9. The molecular formula is C32H41Cl2N5O. The van der Waals surface area contributed by atoms with Crippen LogP contribution in [0.1, 0.15) is 62.0 Å². The van der Waals surface area contributed by atoms with E-state index in [-0.39, 0.29) is 5.91 Å². The lowest BCUT2D eigenvalue weighted by atomic mass is 9.44. The van der Waals surface area contributed by atoms with E-state index in [1.165, 1.54) is 12.8 Å². The summed E-state index contributed by atoms with van der Waals surface area (Å²) >= 11 is 12.4. The average Bonchev–Trinajstić information content (AvgIpc) is 3.22. The number of fused-ring (bicyclic) bond motifs is 3. The number of piperazine rings is 1. The van der Waals surface area contributed by atoms with Gasteiger partial charge in [0.15, 0.2) is 5.96 Å². The molecule has 3 saturated carbocycles. The van der Waals surface area contributed by atoms with Crippen molar-refractivity contribution in [2.75, 3.05) is 26.2 Å². The standard InChI is InChI=1S/C32H41Cl2N5O/c1-19-17-38(11-12-39(19)29-15-23-14-27(20(29)2)32(23,3)4)31(35)36-25-7-8-26-22(13-25)18-37(30(26)40)10-9-21-5-6-24(33)16-28(21)34/h5-8,13,16,19-20,23,27,29H,9-12,14-15,17-18H2,1-4H3,(H2,35,36)/t19-,20+,23-,27-,29-/m0/s1. The van der Waals surface area contributed by atoms with Crippen LogP contribution in [-0.2, 0) is 13.0 Å². The summed E-state index contributed by atoms with van der Waals surface area (Å²) in [6, 6.07) is 12.4. The third-order valence-electron chi connectivity index (χ3n) is 10.6. The van der Waals surface area contributed by atoms with Gasteiger partial charge < -0.3 is 15.5 Å². The zero-order chi connectivity index (χ0) is 28.3. The first-order valence-electron chi connectivity index (χ1n) is 14.7. The summed E-state index contributed by atoms with van der Waals surface area (Å²) in [5.41, 5.74) is 10.6. The van der Waals surface area contributed by atoms with Crippen molar-refractivity contribution in [1.82, 2.24) is 14.7 Å². The highest BCUT2D eigenvalue weighted by molar-refractivity contribution is 6.35. The average molecular weight is 583 g/mol. The second kappa shape index (κ2) is 10.5. The van der Waals surface area contributed by atoms with E-state index in [0.717, 1.165) is 59.8 Å². The van der Waals surface area contributed by atoms with Gasteiger partial charge in [-0.15, -0.1) is 0 Å². The molecule has 2 aromatic carbocycles. The van der Waals surface area contributed by atoms with Crippen LogP contribution < -0.4 is 5.73 Å². The van der Waals surface area contributed by atoms with E-state index in [1.54, 1.807) is 6.07 Å². The number of hydrogen-bond donors (Lipinski definition) is 1. The van der Waals surface area contributed by atoms with E-state index in [2.05, 4.69) is 37.5 Å². The molecule has 5 atom stereocenters. The van der Waals surface area contributed by atoms with Crippen LogP contribution in [0.3, 0.4) is 0 Å². The molecule has 5 aliphatic rings. The van der Waals surface area contributed by atoms with Crippen molar-refractivity contribution >= 4 is 40.8 Å². The monoisotopic (exact) mass is 581 g/mol. The van der Waals surface area contributed by atoms with E-state index < -0.39 is 0 Å². The maximum absolute atomic E-state index is 13.0. The lowest BCUT2D eigenvalue weighted by Gasteiger charge is -2.64. The van der Waals surface area contributed by atoms with Gasteiger partial charge in [0.2, 0.25) is 0 Å². The number of amides is 1.